The van der Waals surface area contributed by atoms with Gasteiger partial charge in [0.05, 0.1) is 34.7 Å². The van der Waals surface area contributed by atoms with Crippen LogP contribution in [0.5, 0.6) is 5.75 Å². The molecule has 4 aromatic rings. The number of anilines is 1. The molecule has 2 saturated carbocycles. The van der Waals surface area contributed by atoms with E-state index in [1.807, 2.05) is 12.1 Å². The number of H-pyrrole nitrogens is 1. The number of halogens is 1. The second-order valence-electron chi connectivity index (χ2n) is 12.7. The van der Waals surface area contributed by atoms with E-state index in [4.69, 9.17) is 9.47 Å². The standard InChI is InChI=1S/C36H31BrN2O6S2/c1-3-44-35(42)19-8-11-21(12-9-19)39-33(40)28-23-15-24(29(28)34(39)41)30-27(23)26(31-32(46-30)38-36(43)47-31)22-14-20(37)10-13-25(22)45-16-18-6-4-17(2)5-7-18/h4-14,23-24,26-30H,3,15-16H2,1-2H3,(H,38,43)/t23?,24?,26-,27?,28?,29?,30?/m1/s1. The third-order valence-corrected chi connectivity index (χ3v) is 13.3. The highest BCUT2D eigenvalue weighted by molar-refractivity contribution is 9.10. The molecule has 2 aliphatic heterocycles. The van der Waals surface area contributed by atoms with Gasteiger partial charge in [0.15, 0.2) is 0 Å². The number of nitrogens with one attached hydrogen (secondary N) is 1. The lowest BCUT2D eigenvalue weighted by Gasteiger charge is -2.43. The highest BCUT2D eigenvalue weighted by atomic mass is 79.9. The Balaban J connectivity index is 1.15. The second-order valence-corrected chi connectivity index (χ2v) is 15.8. The summed E-state index contributed by atoms with van der Waals surface area (Å²) in [6.07, 6.45) is 0.786. The number of ether oxygens (including phenoxy) is 2. The van der Waals surface area contributed by atoms with Crippen molar-refractivity contribution in [1.82, 2.24) is 4.98 Å². The lowest BCUT2D eigenvalue weighted by Crippen LogP contribution is -2.42. The molecule has 11 heteroatoms. The molecule has 1 saturated heterocycles. The van der Waals surface area contributed by atoms with Crippen LogP contribution in [-0.4, -0.2) is 34.6 Å². The Morgan fingerprint density at radius 1 is 0.979 bits per heavy atom. The maximum atomic E-state index is 14.2. The van der Waals surface area contributed by atoms with Crippen molar-refractivity contribution in [3.05, 3.63) is 108 Å². The van der Waals surface area contributed by atoms with E-state index in [1.165, 1.54) is 21.8 Å². The molecular weight excluding hydrogens is 700 g/mol. The molecular formula is C36H31BrN2O6S2. The Kier molecular flexibility index (Phi) is 7.69. The van der Waals surface area contributed by atoms with Crippen LogP contribution in [0.4, 0.5) is 5.69 Å². The van der Waals surface area contributed by atoms with E-state index in [1.54, 1.807) is 43.0 Å². The minimum atomic E-state index is -0.444. The summed E-state index contributed by atoms with van der Waals surface area (Å²) >= 11 is 6.57. The Morgan fingerprint density at radius 2 is 1.70 bits per heavy atom. The summed E-state index contributed by atoms with van der Waals surface area (Å²) < 4.78 is 12.5. The molecule has 4 aliphatic rings. The summed E-state index contributed by atoms with van der Waals surface area (Å²) in [4.78, 5) is 58.5. The molecule has 1 aromatic heterocycles. The first-order chi connectivity index (χ1) is 22.7. The highest BCUT2D eigenvalue weighted by Gasteiger charge is 2.69. The third kappa shape index (κ3) is 5.00. The number of nitrogens with zero attached hydrogens (tertiary/aromatic N) is 1. The molecule has 240 valence electrons. The number of hydrogen-bond donors (Lipinski definition) is 1. The fourth-order valence-electron chi connectivity index (χ4n) is 8.32. The zero-order chi connectivity index (χ0) is 32.6. The van der Waals surface area contributed by atoms with Crippen LogP contribution >= 0.6 is 39.0 Å². The molecule has 3 fully saturated rings. The van der Waals surface area contributed by atoms with E-state index >= 15 is 0 Å². The molecule has 3 aromatic carbocycles. The topological polar surface area (TPSA) is 106 Å². The van der Waals surface area contributed by atoms with Crippen LogP contribution < -0.4 is 14.5 Å². The van der Waals surface area contributed by atoms with Crippen molar-refractivity contribution in [2.75, 3.05) is 11.5 Å². The minimum Gasteiger partial charge on any atom is -0.489 e. The first-order valence-corrected chi connectivity index (χ1v) is 18.2. The van der Waals surface area contributed by atoms with Crippen molar-refractivity contribution < 1.29 is 23.9 Å². The first kappa shape index (κ1) is 30.7. The molecule has 1 N–H and O–H groups in total. The maximum Gasteiger partial charge on any atom is 0.338 e. The highest BCUT2D eigenvalue weighted by Crippen LogP contribution is 2.69. The third-order valence-electron chi connectivity index (χ3n) is 10.2. The van der Waals surface area contributed by atoms with Gasteiger partial charge in [-0.05, 0) is 86.1 Å². The number of rotatable bonds is 7. The van der Waals surface area contributed by atoms with Gasteiger partial charge in [-0.1, -0.05) is 57.1 Å². The molecule has 0 radical (unpaired) electrons. The summed E-state index contributed by atoms with van der Waals surface area (Å²) in [7, 11) is 0. The predicted octanol–water partition coefficient (Wildman–Crippen LogP) is 6.94. The van der Waals surface area contributed by atoms with Crippen LogP contribution in [0.1, 0.15) is 51.2 Å². The number of thiazole rings is 1. The SMILES string of the molecule is CCOC(=O)c1ccc(N2C(=O)C3C4CC(C3C2=O)C2C4Sc3[nH]c(=O)sc3[C@@H]2c2cc(Br)ccc2OCc2ccc(C)cc2)cc1. The number of amides is 2. The summed E-state index contributed by atoms with van der Waals surface area (Å²) in [5.74, 6) is -1.12. The average molecular weight is 732 g/mol. The number of aromatic nitrogens is 1. The fourth-order valence-corrected chi connectivity index (χ4v) is 11.6. The number of carbonyl (C=O) groups excluding carboxylic acids is 3. The molecule has 0 spiro atoms. The summed E-state index contributed by atoms with van der Waals surface area (Å²) in [5, 5.41) is 0.902. The zero-order valence-electron chi connectivity index (χ0n) is 25.6. The molecule has 3 heterocycles. The fraction of sp³-hybridized carbons (Fsp3) is 0.333. The minimum absolute atomic E-state index is 0.0108. The van der Waals surface area contributed by atoms with Crippen LogP contribution in [0.2, 0.25) is 0 Å². The number of hydrogen-bond acceptors (Lipinski definition) is 8. The van der Waals surface area contributed by atoms with Gasteiger partial charge in [-0.25, -0.2) is 4.79 Å². The number of esters is 1. The molecule has 8 rings (SSSR count). The van der Waals surface area contributed by atoms with Gasteiger partial charge in [-0.3, -0.25) is 19.3 Å². The number of aryl methyl sites for hydroxylation is 1. The lowest BCUT2D eigenvalue weighted by atomic mass is 9.68. The van der Waals surface area contributed by atoms with E-state index in [-0.39, 0.29) is 52.2 Å². The first-order valence-electron chi connectivity index (χ1n) is 15.8. The Hall–Kier alpha value is -3.67. The summed E-state index contributed by atoms with van der Waals surface area (Å²) in [6.45, 7) is 4.46. The number of carbonyl (C=O) groups is 3. The van der Waals surface area contributed by atoms with Crippen LogP contribution in [0.3, 0.4) is 0 Å². The monoisotopic (exact) mass is 730 g/mol. The zero-order valence-corrected chi connectivity index (χ0v) is 28.8. The molecule has 8 nitrogen and oxygen atoms in total. The van der Waals surface area contributed by atoms with Gasteiger partial charge in [0.1, 0.15) is 12.4 Å². The maximum absolute atomic E-state index is 14.2. The second kappa shape index (κ2) is 11.8. The quantitative estimate of drug-likeness (QED) is 0.162. The molecule has 7 atom stereocenters. The lowest BCUT2D eigenvalue weighted by molar-refractivity contribution is -0.123. The van der Waals surface area contributed by atoms with Gasteiger partial charge < -0.3 is 14.5 Å². The summed E-state index contributed by atoms with van der Waals surface area (Å²) in [5.41, 5.74) is 4.05. The van der Waals surface area contributed by atoms with Crippen LogP contribution in [-0.2, 0) is 20.9 Å². The van der Waals surface area contributed by atoms with Gasteiger partial charge in [-0.2, -0.15) is 0 Å². The Morgan fingerprint density at radius 3 is 2.43 bits per heavy atom. The van der Waals surface area contributed by atoms with Crippen LogP contribution in [0.15, 0.2) is 81.0 Å². The largest absolute Gasteiger partial charge is 0.489 e. The van der Waals surface area contributed by atoms with Crippen molar-refractivity contribution in [2.24, 2.45) is 29.6 Å². The van der Waals surface area contributed by atoms with E-state index in [0.29, 0.717) is 17.9 Å². The summed E-state index contributed by atoms with van der Waals surface area (Å²) in [6, 6.07) is 20.8. The van der Waals surface area contributed by atoms with Gasteiger partial charge >= 0.3 is 10.8 Å². The number of imide groups is 1. The number of benzene rings is 3. The molecule has 2 aliphatic carbocycles. The van der Waals surface area contributed by atoms with Crippen molar-refractivity contribution in [3.63, 3.8) is 0 Å². The van der Waals surface area contributed by atoms with Crippen LogP contribution in [0, 0.1) is 36.5 Å². The number of thioether (sulfide) groups is 1. The number of aromatic amines is 1. The van der Waals surface area contributed by atoms with Crippen molar-refractivity contribution in [3.8, 4) is 5.75 Å². The smallest absolute Gasteiger partial charge is 0.338 e. The molecule has 47 heavy (non-hydrogen) atoms. The molecule has 2 amide bonds. The molecule has 6 unspecified atom stereocenters. The van der Waals surface area contributed by atoms with Gasteiger partial charge in [0.2, 0.25) is 11.8 Å². The number of fused-ring (bicyclic) bond motifs is 9. The van der Waals surface area contributed by atoms with E-state index in [2.05, 4.69) is 58.2 Å². The average Bonchev–Trinajstić information content (AvgIpc) is 3.80. The van der Waals surface area contributed by atoms with E-state index < -0.39 is 17.8 Å². The van der Waals surface area contributed by atoms with Gasteiger partial charge in [-0.15, -0.1) is 11.8 Å². The van der Waals surface area contributed by atoms with E-state index in [9.17, 15) is 19.2 Å². The van der Waals surface area contributed by atoms with Gasteiger partial charge in [0.25, 0.3) is 0 Å². The van der Waals surface area contributed by atoms with Crippen molar-refractivity contribution in [2.45, 2.75) is 43.1 Å². The normalized spacial score (nSPS) is 27.0. The molecule has 2 bridgehead atoms. The van der Waals surface area contributed by atoms with Gasteiger partial charge in [0, 0.05) is 26.1 Å². The Bertz CT molecular complexity index is 1970. The van der Waals surface area contributed by atoms with Crippen molar-refractivity contribution >= 4 is 62.5 Å². The van der Waals surface area contributed by atoms with Crippen LogP contribution in [0.25, 0.3) is 0 Å². The predicted molar refractivity (Wildman–Crippen MR) is 183 cm³/mol. The Labute approximate surface area is 288 Å². The van der Waals surface area contributed by atoms with Crippen molar-refractivity contribution in [1.29, 1.82) is 0 Å². The van der Waals surface area contributed by atoms with E-state index in [0.717, 1.165) is 37.7 Å².